The third-order valence-electron chi connectivity index (χ3n) is 3.54. The first-order valence-corrected chi connectivity index (χ1v) is 7.33. The Morgan fingerprint density at radius 2 is 2.20 bits per heavy atom. The molecule has 1 fully saturated rings. The van der Waals surface area contributed by atoms with Crippen molar-refractivity contribution in [2.24, 2.45) is 5.92 Å². The van der Waals surface area contributed by atoms with Crippen LogP contribution >= 0.6 is 23.2 Å². The second-order valence-corrected chi connectivity index (χ2v) is 5.96. The quantitative estimate of drug-likeness (QED) is 0.852. The Labute approximate surface area is 128 Å². The van der Waals surface area contributed by atoms with Gasteiger partial charge in [0.05, 0.1) is 6.10 Å². The molecule has 1 aliphatic rings. The van der Waals surface area contributed by atoms with Gasteiger partial charge in [0.25, 0.3) is 0 Å². The molecule has 2 rings (SSSR count). The smallest absolute Gasteiger partial charge is 0.246 e. The van der Waals surface area contributed by atoms with Crippen LogP contribution in [-0.2, 0) is 4.79 Å². The lowest BCUT2D eigenvalue weighted by Gasteiger charge is -2.33. The van der Waals surface area contributed by atoms with Crippen molar-refractivity contribution in [1.82, 2.24) is 4.90 Å². The predicted octanol–water partition coefficient (Wildman–Crippen LogP) is 3.24. The molecule has 0 radical (unpaired) electrons. The van der Waals surface area contributed by atoms with Gasteiger partial charge in [0.2, 0.25) is 5.91 Å². The standard InChI is InChI=1S/C15H17Cl2NO2/c1-10-9-18(7-6-14(10)19)15(20)5-3-11-2-4-12(16)8-13(11)17/h2-5,8,10,14,19H,6-7,9H2,1H3/b5-3+. The number of halogens is 2. The third kappa shape index (κ3) is 3.75. The fourth-order valence-electron chi connectivity index (χ4n) is 2.24. The van der Waals surface area contributed by atoms with E-state index in [-0.39, 0.29) is 17.9 Å². The first kappa shape index (κ1) is 15.4. The van der Waals surface area contributed by atoms with Crippen LogP contribution in [0.5, 0.6) is 0 Å². The van der Waals surface area contributed by atoms with Crippen LogP contribution in [0, 0.1) is 5.92 Å². The number of aliphatic hydroxyl groups is 1. The molecular formula is C15H17Cl2NO2. The summed E-state index contributed by atoms with van der Waals surface area (Å²) in [6.07, 6.45) is 3.52. The van der Waals surface area contributed by atoms with Gasteiger partial charge in [-0.2, -0.15) is 0 Å². The molecule has 1 amide bonds. The second kappa shape index (κ2) is 6.61. The number of benzene rings is 1. The van der Waals surface area contributed by atoms with Crippen molar-refractivity contribution >= 4 is 35.2 Å². The number of aliphatic hydroxyl groups excluding tert-OH is 1. The van der Waals surface area contributed by atoms with Crippen LogP contribution in [0.4, 0.5) is 0 Å². The molecule has 1 aromatic carbocycles. The molecule has 1 heterocycles. The minimum atomic E-state index is -0.311. The average Bonchev–Trinajstić information content (AvgIpc) is 2.40. The summed E-state index contributed by atoms with van der Waals surface area (Å²) in [4.78, 5) is 13.8. The van der Waals surface area contributed by atoms with Gasteiger partial charge >= 0.3 is 0 Å². The summed E-state index contributed by atoms with van der Waals surface area (Å²) in [6.45, 7) is 3.12. The number of carbonyl (C=O) groups excluding carboxylic acids is 1. The minimum absolute atomic E-state index is 0.0604. The van der Waals surface area contributed by atoms with Crippen molar-refractivity contribution in [3.63, 3.8) is 0 Å². The lowest BCUT2D eigenvalue weighted by Crippen LogP contribution is -2.44. The number of amides is 1. The molecule has 20 heavy (non-hydrogen) atoms. The van der Waals surface area contributed by atoms with E-state index < -0.39 is 0 Å². The van der Waals surface area contributed by atoms with Crippen molar-refractivity contribution in [3.05, 3.63) is 39.9 Å². The summed E-state index contributed by atoms with van der Waals surface area (Å²) in [6, 6.07) is 5.15. The van der Waals surface area contributed by atoms with Gasteiger partial charge in [0.1, 0.15) is 0 Å². The molecule has 1 N–H and O–H groups in total. The maximum Gasteiger partial charge on any atom is 0.246 e. The normalized spacial score (nSPS) is 23.3. The average molecular weight is 314 g/mol. The van der Waals surface area contributed by atoms with E-state index >= 15 is 0 Å². The van der Waals surface area contributed by atoms with E-state index in [1.807, 2.05) is 6.92 Å². The van der Waals surface area contributed by atoms with Gasteiger partial charge in [0.15, 0.2) is 0 Å². The molecule has 108 valence electrons. The monoisotopic (exact) mass is 313 g/mol. The highest BCUT2D eigenvalue weighted by Gasteiger charge is 2.25. The van der Waals surface area contributed by atoms with Gasteiger partial charge in [-0.15, -0.1) is 0 Å². The fraction of sp³-hybridized carbons (Fsp3) is 0.400. The molecule has 1 aliphatic heterocycles. The maximum absolute atomic E-state index is 12.1. The Bertz CT molecular complexity index is 531. The molecule has 2 unspecified atom stereocenters. The molecule has 1 aromatic rings. The molecular weight excluding hydrogens is 297 g/mol. The van der Waals surface area contributed by atoms with Crippen LogP contribution in [0.2, 0.25) is 10.0 Å². The molecule has 2 atom stereocenters. The van der Waals surface area contributed by atoms with E-state index in [4.69, 9.17) is 23.2 Å². The predicted molar refractivity (Wildman–Crippen MR) is 81.9 cm³/mol. The highest BCUT2D eigenvalue weighted by molar-refractivity contribution is 6.35. The summed E-state index contributed by atoms with van der Waals surface area (Å²) >= 11 is 11.9. The SMILES string of the molecule is CC1CN(C(=O)/C=C/c2ccc(Cl)cc2Cl)CCC1O. The Balaban J connectivity index is 2.02. The number of carbonyl (C=O) groups is 1. The zero-order chi connectivity index (χ0) is 14.7. The van der Waals surface area contributed by atoms with Crippen molar-refractivity contribution < 1.29 is 9.90 Å². The highest BCUT2D eigenvalue weighted by Crippen LogP contribution is 2.22. The Kier molecular flexibility index (Phi) is 5.08. The lowest BCUT2D eigenvalue weighted by atomic mass is 9.97. The highest BCUT2D eigenvalue weighted by atomic mass is 35.5. The van der Waals surface area contributed by atoms with Crippen molar-refractivity contribution in [3.8, 4) is 0 Å². The molecule has 0 aromatic heterocycles. The Hall–Kier alpha value is -1.03. The van der Waals surface area contributed by atoms with E-state index in [1.165, 1.54) is 6.08 Å². The summed E-state index contributed by atoms with van der Waals surface area (Å²) in [5.74, 6) is 0.0509. The van der Waals surface area contributed by atoms with Crippen molar-refractivity contribution in [1.29, 1.82) is 0 Å². The van der Waals surface area contributed by atoms with E-state index in [2.05, 4.69) is 0 Å². The van der Waals surface area contributed by atoms with Gasteiger partial charge in [-0.05, 0) is 36.1 Å². The minimum Gasteiger partial charge on any atom is -0.393 e. The number of hydrogen-bond acceptors (Lipinski definition) is 2. The number of nitrogens with zero attached hydrogens (tertiary/aromatic N) is 1. The van der Waals surface area contributed by atoms with Gasteiger partial charge in [-0.1, -0.05) is 36.2 Å². The van der Waals surface area contributed by atoms with Crippen LogP contribution in [0.15, 0.2) is 24.3 Å². The Morgan fingerprint density at radius 3 is 2.85 bits per heavy atom. The summed E-state index contributed by atoms with van der Waals surface area (Å²) in [7, 11) is 0. The lowest BCUT2D eigenvalue weighted by molar-refractivity contribution is -0.129. The third-order valence-corrected chi connectivity index (χ3v) is 4.10. The molecule has 3 nitrogen and oxygen atoms in total. The van der Waals surface area contributed by atoms with Gasteiger partial charge in [-0.3, -0.25) is 4.79 Å². The van der Waals surface area contributed by atoms with Crippen LogP contribution in [0.1, 0.15) is 18.9 Å². The molecule has 0 aliphatic carbocycles. The first-order valence-electron chi connectivity index (χ1n) is 6.57. The number of hydrogen-bond donors (Lipinski definition) is 1. The van der Waals surface area contributed by atoms with Crippen LogP contribution in [0.3, 0.4) is 0 Å². The van der Waals surface area contributed by atoms with Gasteiger partial charge in [-0.25, -0.2) is 0 Å². The summed E-state index contributed by atoms with van der Waals surface area (Å²) < 4.78 is 0. The Morgan fingerprint density at radius 1 is 1.45 bits per heavy atom. The van der Waals surface area contributed by atoms with E-state index in [0.717, 1.165) is 5.56 Å². The van der Waals surface area contributed by atoms with Crippen molar-refractivity contribution in [2.45, 2.75) is 19.4 Å². The van der Waals surface area contributed by atoms with Gasteiger partial charge in [0, 0.05) is 29.2 Å². The number of rotatable bonds is 2. The van der Waals surface area contributed by atoms with E-state index in [1.54, 1.807) is 29.2 Å². The topological polar surface area (TPSA) is 40.5 Å². The second-order valence-electron chi connectivity index (χ2n) is 5.12. The zero-order valence-corrected chi connectivity index (χ0v) is 12.7. The van der Waals surface area contributed by atoms with Crippen LogP contribution < -0.4 is 0 Å². The molecule has 5 heteroatoms. The van der Waals surface area contributed by atoms with E-state index in [0.29, 0.717) is 29.6 Å². The summed E-state index contributed by atoms with van der Waals surface area (Å²) in [5.41, 5.74) is 0.759. The number of piperidine rings is 1. The fourth-order valence-corrected chi connectivity index (χ4v) is 2.71. The van der Waals surface area contributed by atoms with Crippen LogP contribution in [0.25, 0.3) is 6.08 Å². The van der Waals surface area contributed by atoms with E-state index in [9.17, 15) is 9.90 Å². The number of likely N-dealkylation sites (tertiary alicyclic amines) is 1. The molecule has 1 saturated heterocycles. The molecule has 0 bridgehead atoms. The first-order chi connectivity index (χ1) is 9.47. The van der Waals surface area contributed by atoms with Gasteiger partial charge < -0.3 is 10.0 Å². The maximum atomic E-state index is 12.1. The summed E-state index contributed by atoms with van der Waals surface area (Å²) in [5, 5.41) is 10.7. The van der Waals surface area contributed by atoms with Crippen molar-refractivity contribution in [2.75, 3.05) is 13.1 Å². The molecule has 0 spiro atoms. The largest absolute Gasteiger partial charge is 0.393 e. The van der Waals surface area contributed by atoms with Crippen LogP contribution in [-0.4, -0.2) is 35.1 Å². The molecule has 0 saturated carbocycles. The zero-order valence-electron chi connectivity index (χ0n) is 11.2.